The van der Waals surface area contributed by atoms with Gasteiger partial charge in [-0.3, -0.25) is 4.79 Å². The van der Waals surface area contributed by atoms with Crippen LogP contribution < -0.4 is 5.32 Å². The number of hydrogen-bond acceptors (Lipinski definition) is 3. The fraction of sp³-hybridized carbons (Fsp3) is 0.190. The fourth-order valence-corrected chi connectivity index (χ4v) is 3.15. The van der Waals surface area contributed by atoms with E-state index >= 15 is 0 Å². The molecule has 0 radical (unpaired) electrons. The first-order valence-corrected chi connectivity index (χ1v) is 9.26. The SMILES string of the molecule is O=C(NCCc1cnn(-c2ccccc2)c1)C(Cc1cnc[nH]1)n1cccc1. The van der Waals surface area contributed by atoms with E-state index in [0.29, 0.717) is 13.0 Å². The normalized spacial score (nSPS) is 12.0. The van der Waals surface area contributed by atoms with E-state index in [2.05, 4.69) is 20.4 Å². The number of hydrogen-bond donors (Lipinski definition) is 2. The second-order valence-electron chi connectivity index (χ2n) is 6.60. The van der Waals surface area contributed by atoms with E-state index in [1.165, 1.54) is 0 Å². The minimum Gasteiger partial charge on any atom is -0.354 e. The van der Waals surface area contributed by atoms with Crippen molar-refractivity contribution in [3.63, 3.8) is 0 Å². The third-order valence-corrected chi connectivity index (χ3v) is 4.63. The Morgan fingerprint density at radius 1 is 1.11 bits per heavy atom. The van der Waals surface area contributed by atoms with Crippen molar-refractivity contribution < 1.29 is 4.79 Å². The third kappa shape index (κ3) is 4.20. The Hall–Kier alpha value is -3.61. The van der Waals surface area contributed by atoms with Crippen LogP contribution in [-0.2, 0) is 17.6 Å². The maximum Gasteiger partial charge on any atom is 0.243 e. The molecule has 1 atom stereocenters. The lowest BCUT2D eigenvalue weighted by molar-refractivity contribution is -0.124. The second-order valence-corrected chi connectivity index (χ2v) is 6.60. The highest BCUT2D eigenvalue weighted by molar-refractivity contribution is 5.80. The van der Waals surface area contributed by atoms with Gasteiger partial charge in [0.2, 0.25) is 5.91 Å². The molecule has 142 valence electrons. The molecule has 1 aromatic carbocycles. The van der Waals surface area contributed by atoms with Crippen LogP contribution in [0.2, 0.25) is 0 Å². The van der Waals surface area contributed by atoms with Crippen LogP contribution in [0, 0.1) is 0 Å². The van der Waals surface area contributed by atoms with Gasteiger partial charge in [-0.1, -0.05) is 18.2 Å². The molecule has 7 nitrogen and oxygen atoms in total. The Labute approximate surface area is 163 Å². The molecule has 3 aromatic heterocycles. The molecule has 0 aliphatic rings. The Balaban J connectivity index is 1.35. The molecule has 0 fully saturated rings. The van der Waals surface area contributed by atoms with Gasteiger partial charge in [-0.15, -0.1) is 0 Å². The molecule has 0 bridgehead atoms. The number of aromatic amines is 1. The lowest BCUT2D eigenvalue weighted by Gasteiger charge is -2.18. The number of amides is 1. The molecule has 0 spiro atoms. The first-order chi connectivity index (χ1) is 13.8. The Bertz CT molecular complexity index is 989. The maximum absolute atomic E-state index is 12.8. The van der Waals surface area contributed by atoms with Crippen molar-refractivity contribution in [2.75, 3.05) is 6.54 Å². The lowest BCUT2D eigenvalue weighted by atomic mass is 10.1. The van der Waals surface area contributed by atoms with Crippen LogP contribution >= 0.6 is 0 Å². The van der Waals surface area contributed by atoms with Gasteiger partial charge in [0, 0.05) is 43.4 Å². The van der Waals surface area contributed by atoms with Crippen molar-refractivity contribution in [1.29, 1.82) is 0 Å². The van der Waals surface area contributed by atoms with Gasteiger partial charge >= 0.3 is 0 Å². The van der Waals surface area contributed by atoms with Crippen molar-refractivity contribution in [2.45, 2.75) is 18.9 Å². The summed E-state index contributed by atoms with van der Waals surface area (Å²) in [7, 11) is 0. The number of nitrogens with one attached hydrogen (secondary N) is 2. The summed E-state index contributed by atoms with van der Waals surface area (Å²) in [4.78, 5) is 19.9. The van der Waals surface area contributed by atoms with Gasteiger partial charge in [0.25, 0.3) is 0 Å². The molecule has 2 N–H and O–H groups in total. The van der Waals surface area contributed by atoms with E-state index in [4.69, 9.17) is 0 Å². The standard InChI is InChI=1S/C21H22N6O/c28-21(20(26-10-4-5-11-26)12-18-14-22-16-24-18)23-9-8-17-13-25-27(15-17)19-6-2-1-3-7-19/h1-7,10-11,13-16,20H,8-9,12H2,(H,22,24)(H,23,28). The second kappa shape index (κ2) is 8.39. The van der Waals surface area contributed by atoms with Crippen LogP contribution in [0.3, 0.4) is 0 Å². The minimum atomic E-state index is -0.317. The van der Waals surface area contributed by atoms with Crippen molar-refractivity contribution in [3.8, 4) is 5.69 Å². The summed E-state index contributed by atoms with van der Waals surface area (Å²) in [6.07, 6.45) is 12.3. The first-order valence-electron chi connectivity index (χ1n) is 9.26. The van der Waals surface area contributed by atoms with Crippen LogP contribution in [-0.4, -0.2) is 36.8 Å². The van der Waals surface area contributed by atoms with Crippen LogP contribution in [0.1, 0.15) is 17.3 Å². The van der Waals surface area contributed by atoms with Crippen LogP contribution in [0.25, 0.3) is 5.69 Å². The number of nitrogens with zero attached hydrogens (tertiary/aromatic N) is 4. The van der Waals surface area contributed by atoms with E-state index in [1.807, 2.05) is 76.5 Å². The topological polar surface area (TPSA) is 80.5 Å². The smallest absolute Gasteiger partial charge is 0.243 e. The van der Waals surface area contributed by atoms with Crippen molar-refractivity contribution in [2.24, 2.45) is 0 Å². The van der Waals surface area contributed by atoms with Crippen molar-refractivity contribution in [3.05, 3.63) is 91.0 Å². The summed E-state index contributed by atoms with van der Waals surface area (Å²) in [6, 6.07) is 13.5. The maximum atomic E-state index is 12.8. The van der Waals surface area contributed by atoms with E-state index in [0.717, 1.165) is 23.4 Å². The number of rotatable bonds is 8. The summed E-state index contributed by atoms with van der Waals surface area (Å²) in [5, 5.41) is 7.45. The summed E-state index contributed by atoms with van der Waals surface area (Å²) in [5.74, 6) is -0.0127. The van der Waals surface area contributed by atoms with Crippen molar-refractivity contribution >= 4 is 5.91 Å². The number of para-hydroxylation sites is 1. The number of carbonyl (C=O) groups is 1. The molecule has 4 rings (SSSR count). The highest BCUT2D eigenvalue weighted by atomic mass is 16.2. The fourth-order valence-electron chi connectivity index (χ4n) is 3.15. The zero-order valence-corrected chi connectivity index (χ0v) is 15.4. The van der Waals surface area contributed by atoms with Crippen LogP contribution in [0.15, 0.2) is 79.8 Å². The van der Waals surface area contributed by atoms with Gasteiger partial charge < -0.3 is 14.9 Å². The first kappa shape index (κ1) is 17.8. The third-order valence-electron chi connectivity index (χ3n) is 4.63. The number of benzene rings is 1. The molecule has 1 unspecified atom stereocenters. The van der Waals surface area contributed by atoms with E-state index in [1.54, 1.807) is 12.5 Å². The minimum absolute atomic E-state index is 0.0127. The van der Waals surface area contributed by atoms with Gasteiger partial charge in [0.05, 0.1) is 18.2 Å². The average molecular weight is 374 g/mol. The largest absolute Gasteiger partial charge is 0.354 e. The molecule has 7 heteroatoms. The number of aromatic nitrogens is 5. The molecule has 0 aliphatic carbocycles. The molecule has 3 heterocycles. The lowest BCUT2D eigenvalue weighted by Crippen LogP contribution is -2.34. The predicted molar refractivity (Wildman–Crippen MR) is 106 cm³/mol. The summed E-state index contributed by atoms with van der Waals surface area (Å²) in [5.41, 5.74) is 3.03. The quantitative estimate of drug-likeness (QED) is 0.497. The van der Waals surface area contributed by atoms with E-state index < -0.39 is 0 Å². The molecule has 0 saturated heterocycles. The van der Waals surface area contributed by atoms with E-state index in [-0.39, 0.29) is 11.9 Å². The van der Waals surface area contributed by atoms with Gasteiger partial charge in [0.1, 0.15) is 6.04 Å². The number of imidazole rings is 1. The Morgan fingerprint density at radius 2 is 1.93 bits per heavy atom. The highest BCUT2D eigenvalue weighted by Crippen LogP contribution is 2.14. The zero-order valence-electron chi connectivity index (χ0n) is 15.4. The molecular formula is C21H22N6O. The van der Waals surface area contributed by atoms with Crippen LogP contribution in [0.5, 0.6) is 0 Å². The molecular weight excluding hydrogens is 352 g/mol. The van der Waals surface area contributed by atoms with Crippen LogP contribution in [0.4, 0.5) is 0 Å². The van der Waals surface area contributed by atoms with Gasteiger partial charge in [0.15, 0.2) is 0 Å². The highest BCUT2D eigenvalue weighted by Gasteiger charge is 2.20. The summed E-state index contributed by atoms with van der Waals surface area (Å²) >= 11 is 0. The van der Waals surface area contributed by atoms with E-state index in [9.17, 15) is 4.79 Å². The monoisotopic (exact) mass is 374 g/mol. The number of H-pyrrole nitrogens is 1. The van der Waals surface area contributed by atoms with Gasteiger partial charge in [-0.05, 0) is 36.2 Å². The van der Waals surface area contributed by atoms with Gasteiger partial charge in [-0.2, -0.15) is 5.10 Å². The Kier molecular flexibility index (Phi) is 5.33. The molecule has 1 amide bonds. The number of carbonyl (C=O) groups excluding carboxylic acids is 1. The van der Waals surface area contributed by atoms with Gasteiger partial charge in [-0.25, -0.2) is 9.67 Å². The molecule has 0 saturated carbocycles. The molecule has 0 aliphatic heterocycles. The molecule has 28 heavy (non-hydrogen) atoms. The average Bonchev–Trinajstić information content (AvgIpc) is 3.49. The zero-order chi connectivity index (χ0) is 19.2. The predicted octanol–water partition coefficient (Wildman–Crippen LogP) is 2.54. The molecule has 4 aromatic rings. The summed E-state index contributed by atoms with van der Waals surface area (Å²) in [6.45, 7) is 0.556. The Morgan fingerprint density at radius 3 is 2.68 bits per heavy atom. The van der Waals surface area contributed by atoms with Crippen molar-refractivity contribution in [1.82, 2.24) is 29.6 Å². The summed E-state index contributed by atoms with van der Waals surface area (Å²) < 4.78 is 3.77.